The minimum absolute atomic E-state index is 0.0460. The molecule has 4 nitrogen and oxygen atoms in total. The van der Waals surface area contributed by atoms with Crippen LogP contribution in [0.15, 0.2) is 0 Å². The number of rotatable bonds is 4. The van der Waals surface area contributed by atoms with Crippen LogP contribution in [0.1, 0.15) is 48.0 Å². The van der Waals surface area contributed by atoms with Gasteiger partial charge in [-0.3, -0.25) is 4.90 Å². The average Bonchev–Trinajstić information content (AvgIpc) is 2.59. The van der Waals surface area contributed by atoms with Crippen molar-refractivity contribution >= 4 is 0 Å². The highest BCUT2D eigenvalue weighted by molar-refractivity contribution is 5.02. The molecule has 2 heterocycles. The summed E-state index contributed by atoms with van der Waals surface area (Å²) in [6, 6.07) is 0.918. The second kappa shape index (κ2) is 6.15. The first kappa shape index (κ1) is 17.2. The molecule has 2 fully saturated rings. The third kappa shape index (κ3) is 3.79. The summed E-state index contributed by atoms with van der Waals surface area (Å²) in [5, 5.41) is 3.53. The van der Waals surface area contributed by atoms with E-state index in [0.717, 1.165) is 26.1 Å². The second-order valence-corrected chi connectivity index (χ2v) is 8.09. The predicted molar refractivity (Wildman–Crippen MR) is 86.6 cm³/mol. The Hall–Kier alpha value is -0.160. The van der Waals surface area contributed by atoms with Crippen LogP contribution in [-0.4, -0.2) is 61.0 Å². The third-order valence-corrected chi connectivity index (χ3v) is 5.17. The van der Waals surface area contributed by atoms with Crippen molar-refractivity contribution in [2.75, 3.05) is 26.7 Å². The van der Waals surface area contributed by atoms with Gasteiger partial charge in [0.1, 0.15) is 0 Å². The molecule has 0 aliphatic carbocycles. The molecule has 0 aromatic rings. The van der Waals surface area contributed by atoms with Gasteiger partial charge >= 0.3 is 0 Å². The summed E-state index contributed by atoms with van der Waals surface area (Å²) in [6.07, 6.45) is 1.32. The summed E-state index contributed by atoms with van der Waals surface area (Å²) in [5.74, 6) is 0.467. The van der Waals surface area contributed by atoms with Gasteiger partial charge in [0.2, 0.25) is 0 Å². The van der Waals surface area contributed by atoms with Gasteiger partial charge in [-0.2, -0.15) is 0 Å². The third-order valence-electron chi connectivity index (χ3n) is 5.17. The zero-order chi connectivity index (χ0) is 15.8. The summed E-state index contributed by atoms with van der Waals surface area (Å²) in [6.45, 7) is 16.3. The highest BCUT2D eigenvalue weighted by Gasteiger charge is 2.51. The van der Waals surface area contributed by atoms with Crippen LogP contribution in [0.3, 0.4) is 0 Å². The van der Waals surface area contributed by atoms with Gasteiger partial charge in [0, 0.05) is 31.1 Å². The number of morpholine rings is 1. The summed E-state index contributed by atoms with van der Waals surface area (Å²) in [7, 11) is 2.06. The molecule has 2 rings (SSSR count). The number of likely N-dealkylation sites (N-methyl/N-ethyl adjacent to an activating group) is 1. The quantitative estimate of drug-likeness (QED) is 0.863. The van der Waals surface area contributed by atoms with Crippen molar-refractivity contribution in [3.63, 3.8) is 0 Å². The van der Waals surface area contributed by atoms with Crippen molar-refractivity contribution in [1.29, 1.82) is 0 Å². The highest BCUT2D eigenvalue weighted by Crippen LogP contribution is 2.44. The number of hydrogen-bond acceptors (Lipinski definition) is 4. The molecule has 0 spiro atoms. The molecule has 0 amide bonds. The van der Waals surface area contributed by atoms with E-state index in [4.69, 9.17) is 9.47 Å². The molecule has 2 aliphatic rings. The van der Waals surface area contributed by atoms with Gasteiger partial charge < -0.3 is 14.8 Å². The largest absolute Gasteiger partial charge is 0.374 e. The molecule has 4 heteroatoms. The van der Waals surface area contributed by atoms with E-state index in [-0.39, 0.29) is 17.3 Å². The van der Waals surface area contributed by atoms with Gasteiger partial charge in [-0.1, -0.05) is 0 Å². The maximum absolute atomic E-state index is 6.29. The fraction of sp³-hybridized carbons (Fsp3) is 1.00. The van der Waals surface area contributed by atoms with Crippen LogP contribution in [0, 0.1) is 5.92 Å². The second-order valence-electron chi connectivity index (χ2n) is 8.09. The molecule has 0 saturated carbocycles. The van der Waals surface area contributed by atoms with Crippen LogP contribution in [0.25, 0.3) is 0 Å². The number of hydrogen-bond donors (Lipinski definition) is 1. The van der Waals surface area contributed by atoms with E-state index in [0.29, 0.717) is 18.0 Å². The number of nitrogens with one attached hydrogen (secondary N) is 1. The zero-order valence-electron chi connectivity index (χ0n) is 14.9. The van der Waals surface area contributed by atoms with Gasteiger partial charge in [-0.15, -0.1) is 0 Å². The van der Waals surface area contributed by atoms with Gasteiger partial charge in [0.05, 0.1) is 23.9 Å². The van der Waals surface area contributed by atoms with Gasteiger partial charge in [0.15, 0.2) is 0 Å². The van der Waals surface area contributed by atoms with Crippen LogP contribution < -0.4 is 5.32 Å². The lowest BCUT2D eigenvalue weighted by atomic mass is 9.79. The van der Waals surface area contributed by atoms with Gasteiger partial charge in [-0.25, -0.2) is 0 Å². The zero-order valence-corrected chi connectivity index (χ0v) is 14.9. The fourth-order valence-electron chi connectivity index (χ4n) is 4.19. The smallest absolute Gasteiger partial charge is 0.0859 e. The summed E-state index contributed by atoms with van der Waals surface area (Å²) >= 11 is 0. The van der Waals surface area contributed by atoms with Crippen molar-refractivity contribution < 1.29 is 9.47 Å². The SMILES string of the molecule is CNC(C1CN(C(C)C)CCO1)C1CC(C)(C)OC1(C)C. The maximum Gasteiger partial charge on any atom is 0.0859 e. The van der Waals surface area contributed by atoms with E-state index in [1.54, 1.807) is 0 Å². The van der Waals surface area contributed by atoms with Crippen molar-refractivity contribution in [3.8, 4) is 0 Å². The standard InChI is InChI=1S/C17H34N2O2/c1-12(2)19-8-9-20-14(11-19)15(18-7)13-10-16(3,4)21-17(13,5)6/h12-15,18H,8-11H2,1-7H3. The van der Waals surface area contributed by atoms with E-state index in [1.807, 2.05) is 0 Å². The summed E-state index contributed by atoms with van der Waals surface area (Å²) in [4.78, 5) is 2.52. The Labute approximate surface area is 130 Å². The molecule has 0 bridgehead atoms. The molecule has 0 aromatic heterocycles. The fourth-order valence-corrected chi connectivity index (χ4v) is 4.19. The Morgan fingerprint density at radius 1 is 1.19 bits per heavy atom. The molecular weight excluding hydrogens is 264 g/mol. The Morgan fingerprint density at radius 3 is 2.33 bits per heavy atom. The molecule has 2 saturated heterocycles. The molecule has 1 N–H and O–H groups in total. The highest BCUT2D eigenvalue weighted by atomic mass is 16.5. The average molecular weight is 298 g/mol. The molecular formula is C17H34N2O2. The van der Waals surface area contributed by atoms with E-state index in [9.17, 15) is 0 Å². The Kier molecular flexibility index (Phi) is 5.04. The first-order valence-electron chi connectivity index (χ1n) is 8.39. The van der Waals surface area contributed by atoms with Gasteiger partial charge in [0.25, 0.3) is 0 Å². The van der Waals surface area contributed by atoms with Gasteiger partial charge in [-0.05, 0) is 55.0 Å². The molecule has 0 radical (unpaired) electrons. The van der Waals surface area contributed by atoms with E-state index in [2.05, 4.69) is 58.8 Å². The first-order chi connectivity index (χ1) is 9.66. The molecule has 124 valence electrons. The van der Waals surface area contributed by atoms with Crippen molar-refractivity contribution in [2.45, 2.75) is 77.4 Å². The lowest BCUT2D eigenvalue weighted by molar-refractivity contribution is -0.0988. The van der Waals surface area contributed by atoms with Crippen LogP contribution in [0.2, 0.25) is 0 Å². The summed E-state index contributed by atoms with van der Waals surface area (Å²) in [5.41, 5.74) is -0.156. The monoisotopic (exact) mass is 298 g/mol. The minimum Gasteiger partial charge on any atom is -0.374 e. The maximum atomic E-state index is 6.29. The lowest BCUT2D eigenvalue weighted by Gasteiger charge is -2.43. The topological polar surface area (TPSA) is 33.7 Å². The van der Waals surface area contributed by atoms with Crippen LogP contribution >= 0.6 is 0 Å². The normalized spacial score (nSPS) is 34.3. The number of ether oxygens (including phenoxy) is 2. The first-order valence-corrected chi connectivity index (χ1v) is 8.39. The molecule has 3 atom stereocenters. The van der Waals surface area contributed by atoms with E-state index < -0.39 is 0 Å². The van der Waals surface area contributed by atoms with E-state index >= 15 is 0 Å². The lowest BCUT2D eigenvalue weighted by Crippen LogP contribution is -2.57. The Bertz CT molecular complexity index is 355. The Balaban J connectivity index is 2.12. The van der Waals surface area contributed by atoms with Crippen LogP contribution in [-0.2, 0) is 9.47 Å². The van der Waals surface area contributed by atoms with E-state index in [1.165, 1.54) is 0 Å². The van der Waals surface area contributed by atoms with Crippen molar-refractivity contribution in [1.82, 2.24) is 10.2 Å². The molecule has 2 aliphatic heterocycles. The Morgan fingerprint density at radius 2 is 1.86 bits per heavy atom. The van der Waals surface area contributed by atoms with Crippen molar-refractivity contribution in [2.24, 2.45) is 5.92 Å². The summed E-state index contributed by atoms with van der Waals surface area (Å²) < 4.78 is 12.4. The number of nitrogens with zero attached hydrogens (tertiary/aromatic N) is 1. The molecule has 0 aromatic carbocycles. The minimum atomic E-state index is -0.110. The van der Waals surface area contributed by atoms with Crippen molar-refractivity contribution in [3.05, 3.63) is 0 Å². The molecule has 3 unspecified atom stereocenters. The molecule has 21 heavy (non-hydrogen) atoms. The predicted octanol–water partition coefficient (Wildman–Crippen LogP) is 2.28. The van der Waals surface area contributed by atoms with Crippen LogP contribution in [0.4, 0.5) is 0 Å². The van der Waals surface area contributed by atoms with Crippen LogP contribution in [0.5, 0.6) is 0 Å².